The summed E-state index contributed by atoms with van der Waals surface area (Å²) in [5.74, 6) is 0.408. The Labute approximate surface area is 215 Å². The molecule has 2 saturated heterocycles. The van der Waals surface area contributed by atoms with Gasteiger partial charge >= 0.3 is 13.2 Å². The fraction of sp³-hybridized carbons (Fsp3) is 0.760. The lowest BCUT2D eigenvalue weighted by atomic mass is 9.81. The first kappa shape index (κ1) is 28.2. The number of piperazine rings is 1. The number of carbonyl (C=O) groups excluding carboxylic acids is 2. The Morgan fingerprint density at radius 1 is 1.11 bits per heavy atom. The van der Waals surface area contributed by atoms with Crippen molar-refractivity contribution < 1.29 is 23.6 Å². The van der Waals surface area contributed by atoms with E-state index in [1.807, 2.05) is 48.5 Å². The van der Waals surface area contributed by atoms with Gasteiger partial charge in [0.2, 0.25) is 11.9 Å². The minimum Gasteiger partial charge on any atom is -0.444 e. The lowest BCUT2D eigenvalue weighted by molar-refractivity contribution is -0.135. The van der Waals surface area contributed by atoms with Crippen LogP contribution in [0.4, 0.5) is 10.7 Å². The quantitative estimate of drug-likeness (QED) is 0.611. The normalized spacial score (nSPS) is 22.5. The summed E-state index contributed by atoms with van der Waals surface area (Å²) in [5.41, 5.74) is -0.723. The largest absolute Gasteiger partial charge is 0.498 e. The zero-order chi connectivity index (χ0) is 27.1. The fourth-order valence-electron chi connectivity index (χ4n) is 4.18. The summed E-state index contributed by atoms with van der Waals surface area (Å²) in [6, 6.07) is -0.659. The van der Waals surface area contributed by atoms with Crippen molar-refractivity contribution in [2.45, 2.75) is 98.1 Å². The molecule has 2 aliphatic heterocycles. The third-order valence-electron chi connectivity index (χ3n) is 6.98. The second-order valence-corrected chi connectivity index (χ2v) is 12.1. The van der Waals surface area contributed by atoms with E-state index in [1.54, 1.807) is 38.1 Å². The van der Waals surface area contributed by atoms with E-state index >= 15 is 0 Å². The molecule has 11 heteroatoms. The van der Waals surface area contributed by atoms with Gasteiger partial charge in [-0.3, -0.25) is 4.79 Å². The number of ether oxygens (including phenoxy) is 1. The second-order valence-electron chi connectivity index (χ2n) is 12.1. The Balaban J connectivity index is 1.62. The van der Waals surface area contributed by atoms with Crippen molar-refractivity contribution in [3.63, 3.8) is 0 Å². The highest BCUT2D eigenvalue weighted by molar-refractivity contribution is 6.61. The molecule has 0 aromatic carbocycles. The van der Waals surface area contributed by atoms with Gasteiger partial charge in [-0.25, -0.2) is 14.8 Å². The van der Waals surface area contributed by atoms with Crippen LogP contribution >= 0.6 is 0 Å². The predicted molar refractivity (Wildman–Crippen MR) is 139 cm³/mol. The van der Waals surface area contributed by atoms with Gasteiger partial charge in [0.15, 0.2) is 0 Å². The summed E-state index contributed by atoms with van der Waals surface area (Å²) < 4.78 is 17.5. The molecule has 0 spiro atoms. The summed E-state index contributed by atoms with van der Waals surface area (Å²) in [7, 11) is -0.513. The van der Waals surface area contributed by atoms with Crippen LogP contribution in [0.15, 0.2) is 12.4 Å². The number of alkyl carbamates (subject to hydrolysis) is 1. The summed E-state index contributed by atoms with van der Waals surface area (Å²) >= 11 is 0. The molecule has 1 N–H and O–H groups in total. The highest BCUT2D eigenvalue weighted by Crippen LogP contribution is 2.36. The van der Waals surface area contributed by atoms with E-state index in [2.05, 4.69) is 20.2 Å². The number of carbonyl (C=O) groups is 2. The van der Waals surface area contributed by atoms with Gasteiger partial charge in [-0.1, -0.05) is 13.8 Å². The van der Waals surface area contributed by atoms with Gasteiger partial charge in [-0.05, 0) is 61.3 Å². The van der Waals surface area contributed by atoms with E-state index in [9.17, 15) is 9.59 Å². The van der Waals surface area contributed by atoms with Crippen LogP contribution in [0.5, 0.6) is 0 Å². The van der Waals surface area contributed by atoms with Crippen LogP contribution < -0.4 is 15.7 Å². The van der Waals surface area contributed by atoms with Crippen molar-refractivity contribution in [3.05, 3.63) is 12.4 Å². The highest BCUT2D eigenvalue weighted by Gasteiger charge is 2.52. The fourth-order valence-corrected chi connectivity index (χ4v) is 4.18. The van der Waals surface area contributed by atoms with E-state index in [4.69, 9.17) is 14.0 Å². The second kappa shape index (κ2) is 10.2. The first-order chi connectivity index (χ1) is 16.5. The molecule has 0 radical (unpaired) electrons. The lowest BCUT2D eigenvalue weighted by Crippen LogP contribution is -2.59. The Bertz CT molecular complexity index is 931. The van der Waals surface area contributed by atoms with E-state index in [1.165, 1.54) is 0 Å². The zero-order valence-corrected chi connectivity index (χ0v) is 23.4. The first-order valence-electron chi connectivity index (χ1n) is 12.7. The number of hydrogen-bond donors (Lipinski definition) is 1. The van der Waals surface area contributed by atoms with Gasteiger partial charge in [-0.2, -0.15) is 0 Å². The Kier molecular flexibility index (Phi) is 7.96. The summed E-state index contributed by atoms with van der Waals surface area (Å²) in [6.07, 6.45) is 2.90. The van der Waals surface area contributed by atoms with E-state index in [0.29, 0.717) is 25.6 Å². The molecule has 200 valence electrons. The Hall–Kier alpha value is -2.40. The Morgan fingerprint density at radius 2 is 1.67 bits per heavy atom. The molecule has 1 aromatic rings. The van der Waals surface area contributed by atoms with Crippen molar-refractivity contribution in [1.29, 1.82) is 0 Å². The van der Waals surface area contributed by atoms with Crippen LogP contribution in [0.2, 0.25) is 0 Å². The van der Waals surface area contributed by atoms with Crippen molar-refractivity contribution >= 4 is 30.5 Å². The molecule has 2 atom stereocenters. The maximum absolute atomic E-state index is 13.3. The Morgan fingerprint density at radius 3 is 2.14 bits per heavy atom. The number of hydrogen-bond acceptors (Lipinski definition) is 8. The number of nitrogens with zero attached hydrogens (tertiary/aromatic N) is 4. The average Bonchev–Trinajstić information content (AvgIpc) is 2.97. The first-order valence-corrected chi connectivity index (χ1v) is 12.7. The molecule has 10 nitrogen and oxygen atoms in total. The monoisotopic (exact) mass is 503 g/mol. The number of rotatable bonds is 5. The summed E-state index contributed by atoms with van der Waals surface area (Å²) in [6.45, 7) is 20.9. The lowest BCUT2D eigenvalue weighted by Gasteiger charge is -2.41. The molecular formula is C25H42BN5O5. The predicted octanol–water partition coefficient (Wildman–Crippen LogP) is 2.36. The molecule has 0 aliphatic carbocycles. The van der Waals surface area contributed by atoms with Gasteiger partial charge in [-0.15, -0.1) is 0 Å². The van der Waals surface area contributed by atoms with Crippen molar-refractivity contribution in [2.24, 2.45) is 5.92 Å². The molecule has 2 unspecified atom stereocenters. The van der Waals surface area contributed by atoms with E-state index in [0.717, 1.165) is 5.46 Å². The van der Waals surface area contributed by atoms with Crippen molar-refractivity contribution in [3.8, 4) is 0 Å². The van der Waals surface area contributed by atoms with Gasteiger partial charge in [0.1, 0.15) is 11.6 Å². The number of anilines is 1. The molecule has 2 fully saturated rings. The minimum atomic E-state index is -0.658. The summed E-state index contributed by atoms with van der Waals surface area (Å²) in [5, 5.41) is 2.76. The standard InChI is InChI=1S/C25H42BN5O5/c1-16(2)19(29-22(33)34-23(4,5)6)20(32)30-11-12-31(17(3)15-30)21-27-13-18(14-28-21)26-35-24(7,8)25(9,10)36-26/h13-14,16-17,19H,11-12,15H2,1-10H3,(H,29,33). The number of aromatic nitrogens is 2. The van der Waals surface area contributed by atoms with Gasteiger partial charge in [0, 0.05) is 43.5 Å². The molecule has 2 aliphatic rings. The molecule has 0 saturated carbocycles. The third-order valence-corrected chi connectivity index (χ3v) is 6.98. The smallest absolute Gasteiger partial charge is 0.444 e. The summed E-state index contributed by atoms with van der Waals surface area (Å²) in [4.78, 5) is 38.6. The molecular weight excluding hydrogens is 461 g/mol. The maximum Gasteiger partial charge on any atom is 0.498 e. The van der Waals surface area contributed by atoms with Gasteiger partial charge in [0.25, 0.3) is 0 Å². The van der Waals surface area contributed by atoms with Gasteiger partial charge < -0.3 is 29.2 Å². The zero-order valence-electron chi connectivity index (χ0n) is 23.4. The maximum atomic E-state index is 13.3. The average molecular weight is 503 g/mol. The molecule has 2 amide bonds. The van der Waals surface area contributed by atoms with Crippen LogP contribution in [-0.4, -0.2) is 82.5 Å². The van der Waals surface area contributed by atoms with E-state index in [-0.39, 0.29) is 17.9 Å². The number of amides is 2. The molecule has 36 heavy (non-hydrogen) atoms. The van der Waals surface area contributed by atoms with Crippen molar-refractivity contribution in [1.82, 2.24) is 20.2 Å². The molecule has 0 bridgehead atoms. The third kappa shape index (κ3) is 6.29. The van der Waals surface area contributed by atoms with Crippen LogP contribution in [0, 0.1) is 5.92 Å². The highest BCUT2D eigenvalue weighted by atomic mass is 16.7. The molecule has 1 aromatic heterocycles. The van der Waals surface area contributed by atoms with Gasteiger partial charge in [0.05, 0.1) is 11.2 Å². The topological polar surface area (TPSA) is 106 Å². The minimum absolute atomic E-state index is 0.000244. The molecule has 3 heterocycles. The molecule has 3 rings (SSSR count). The van der Waals surface area contributed by atoms with Crippen LogP contribution in [0.25, 0.3) is 0 Å². The number of nitrogens with one attached hydrogen (secondary N) is 1. The van der Waals surface area contributed by atoms with Crippen LogP contribution in [0.3, 0.4) is 0 Å². The van der Waals surface area contributed by atoms with E-state index < -0.39 is 36.1 Å². The van der Waals surface area contributed by atoms with Crippen LogP contribution in [-0.2, 0) is 18.8 Å². The van der Waals surface area contributed by atoms with Crippen molar-refractivity contribution in [2.75, 3.05) is 24.5 Å². The SMILES string of the molecule is CC(C)C(NC(=O)OC(C)(C)C)C(=O)N1CCN(c2ncc(B3OC(C)(C)C(C)(C)O3)cn2)C(C)C1. The van der Waals surface area contributed by atoms with Crippen LogP contribution in [0.1, 0.15) is 69.2 Å².